The molecule has 1 atom stereocenters. The molecule has 94 valence electrons. The lowest BCUT2D eigenvalue weighted by Crippen LogP contribution is -2.11. The largest absolute Gasteiger partial charge is 0.481 e. The number of carboxylic acids is 1. The zero-order chi connectivity index (χ0) is 12.8. The molecule has 1 heterocycles. The Morgan fingerprint density at radius 2 is 2.24 bits per heavy atom. The first kappa shape index (κ1) is 13.6. The van der Waals surface area contributed by atoms with Gasteiger partial charge in [-0.15, -0.1) is 0 Å². The monoisotopic (exact) mass is 258 g/mol. The minimum atomic E-state index is -0.813. The van der Waals surface area contributed by atoms with Gasteiger partial charge in [0, 0.05) is 5.75 Å². The molecule has 0 amide bonds. The maximum Gasteiger partial charge on any atom is 0.373 e. The molecule has 1 aromatic rings. The molecule has 0 fully saturated rings. The maximum atomic E-state index is 11.1. The summed E-state index contributed by atoms with van der Waals surface area (Å²) in [6.07, 6.45) is 0. The van der Waals surface area contributed by atoms with E-state index in [-0.39, 0.29) is 5.76 Å². The second-order valence-corrected chi connectivity index (χ2v) is 4.54. The fourth-order valence-electron chi connectivity index (χ4n) is 1.07. The highest BCUT2D eigenvalue weighted by Gasteiger charge is 2.13. The molecule has 0 aromatic carbocycles. The summed E-state index contributed by atoms with van der Waals surface area (Å²) < 4.78 is 9.74. The van der Waals surface area contributed by atoms with E-state index in [0.717, 1.165) is 0 Å². The third-order valence-electron chi connectivity index (χ3n) is 2.08. The van der Waals surface area contributed by atoms with Crippen LogP contribution in [0, 0.1) is 5.92 Å². The van der Waals surface area contributed by atoms with E-state index in [4.69, 9.17) is 9.52 Å². The molecule has 5 nitrogen and oxygen atoms in total. The number of hydrogen-bond donors (Lipinski definition) is 1. The second-order valence-electron chi connectivity index (χ2n) is 3.51. The third-order valence-corrected chi connectivity index (χ3v) is 3.31. The zero-order valence-electron chi connectivity index (χ0n) is 9.63. The number of thioether (sulfide) groups is 1. The summed E-state index contributed by atoms with van der Waals surface area (Å²) in [5, 5.41) is 8.69. The first-order chi connectivity index (χ1) is 8.04. The summed E-state index contributed by atoms with van der Waals surface area (Å²) >= 11 is 1.45. The van der Waals surface area contributed by atoms with Crippen LogP contribution < -0.4 is 0 Å². The van der Waals surface area contributed by atoms with Gasteiger partial charge in [-0.3, -0.25) is 4.79 Å². The van der Waals surface area contributed by atoms with Crippen LogP contribution in [-0.2, 0) is 15.3 Å². The lowest BCUT2D eigenvalue weighted by molar-refractivity contribution is -0.140. The molecular weight excluding hydrogens is 244 g/mol. The van der Waals surface area contributed by atoms with Gasteiger partial charge in [-0.05, 0) is 12.1 Å². The van der Waals surface area contributed by atoms with Crippen molar-refractivity contribution in [3.8, 4) is 0 Å². The summed E-state index contributed by atoms with van der Waals surface area (Å²) in [7, 11) is 1.29. The number of rotatable bonds is 6. The van der Waals surface area contributed by atoms with Gasteiger partial charge in [0.15, 0.2) is 0 Å². The topological polar surface area (TPSA) is 76.7 Å². The summed E-state index contributed by atoms with van der Waals surface area (Å²) in [4.78, 5) is 21.7. The Balaban J connectivity index is 2.40. The molecule has 1 N–H and O–H groups in total. The molecule has 17 heavy (non-hydrogen) atoms. The van der Waals surface area contributed by atoms with Gasteiger partial charge in [0.05, 0.1) is 18.8 Å². The summed E-state index contributed by atoms with van der Waals surface area (Å²) in [6.45, 7) is 1.65. The Kier molecular flexibility index (Phi) is 5.09. The summed E-state index contributed by atoms with van der Waals surface area (Å²) in [6, 6.07) is 3.23. The van der Waals surface area contributed by atoms with E-state index < -0.39 is 17.9 Å². The quantitative estimate of drug-likeness (QED) is 0.787. The van der Waals surface area contributed by atoms with Gasteiger partial charge in [-0.2, -0.15) is 11.8 Å². The first-order valence-corrected chi connectivity index (χ1v) is 6.17. The number of carbonyl (C=O) groups is 2. The zero-order valence-corrected chi connectivity index (χ0v) is 10.5. The Morgan fingerprint density at radius 3 is 2.82 bits per heavy atom. The molecule has 0 bridgehead atoms. The van der Waals surface area contributed by atoms with Gasteiger partial charge in [0.1, 0.15) is 5.76 Å². The van der Waals surface area contributed by atoms with Crippen LogP contribution in [0.4, 0.5) is 0 Å². The van der Waals surface area contributed by atoms with Gasteiger partial charge in [-0.1, -0.05) is 6.92 Å². The lowest BCUT2D eigenvalue weighted by Gasteiger charge is -2.03. The van der Waals surface area contributed by atoms with Crippen LogP contribution in [0.3, 0.4) is 0 Å². The van der Waals surface area contributed by atoms with E-state index in [2.05, 4.69) is 4.74 Å². The molecule has 6 heteroatoms. The highest BCUT2D eigenvalue weighted by atomic mass is 32.2. The Labute approximate surface area is 103 Å². The van der Waals surface area contributed by atoms with Crippen LogP contribution in [-0.4, -0.2) is 29.9 Å². The number of furan rings is 1. The van der Waals surface area contributed by atoms with Crippen molar-refractivity contribution in [2.45, 2.75) is 12.7 Å². The molecular formula is C11H14O5S. The highest BCUT2D eigenvalue weighted by Crippen LogP contribution is 2.18. The molecule has 0 spiro atoms. The highest BCUT2D eigenvalue weighted by molar-refractivity contribution is 7.98. The van der Waals surface area contributed by atoms with Crippen molar-refractivity contribution in [3.63, 3.8) is 0 Å². The number of esters is 1. The third kappa shape index (κ3) is 4.14. The standard InChI is InChI=1S/C11H14O5S/c1-7(10(12)13)5-17-6-8-3-4-9(16-8)11(14)15-2/h3-4,7H,5-6H2,1-2H3,(H,12,13). The minimum Gasteiger partial charge on any atom is -0.481 e. The molecule has 1 unspecified atom stereocenters. The van der Waals surface area contributed by atoms with E-state index in [9.17, 15) is 9.59 Å². The van der Waals surface area contributed by atoms with Crippen LogP contribution in [0.15, 0.2) is 16.5 Å². The number of ether oxygens (including phenoxy) is 1. The van der Waals surface area contributed by atoms with Gasteiger partial charge in [-0.25, -0.2) is 4.79 Å². The van der Waals surface area contributed by atoms with E-state index in [1.54, 1.807) is 19.1 Å². The lowest BCUT2D eigenvalue weighted by atomic mass is 10.2. The number of aliphatic carboxylic acids is 1. The Morgan fingerprint density at radius 1 is 1.53 bits per heavy atom. The first-order valence-electron chi connectivity index (χ1n) is 5.02. The molecule has 0 aliphatic heterocycles. The molecule has 1 aromatic heterocycles. The number of hydrogen-bond acceptors (Lipinski definition) is 5. The van der Waals surface area contributed by atoms with Crippen molar-refractivity contribution < 1.29 is 23.8 Å². The van der Waals surface area contributed by atoms with Gasteiger partial charge >= 0.3 is 11.9 Å². The number of carboxylic acid groups (broad SMARTS) is 1. The predicted octanol–water partition coefficient (Wildman–Crippen LogP) is 2.02. The molecule has 0 radical (unpaired) electrons. The fraction of sp³-hybridized carbons (Fsp3) is 0.455. The van der Waals surface area contributed by atoms with Crippen molar-refractivity contribution in [2.24, 2.45) is 5.92 Å². The van der Waals surface area contributed by atoms with Crippen LogP contribution in [0.25, 0.3) is 0 Å². The fourth-order valence-corrected chi connectivity index (χ4v) is 2.04. The van der Waals surface area contributed by atoms with Gasteiger partial charge < -0.3 is 14.3 Å². The minimum absolute atomic E-state index is 0.161. The molecule has 0 saturated heterocycles. The summed E-state index contributed by atoms with van der Waals surface area (Å²) in [5.41, 5.74) is 0. The molecule has 0 saturated carbocycles. The van der Waals surface area contributed by atoms with E-state index in [1.807, 2.05) is 0 Å². The average molecular weight is 258 g/mol. The SMILES string of the molecule is COC(=O)c1ccc(CSCC(C)C(=O)O)o1. The van der Waals surface area contributed by atoms with Gasteiger partial charge in [0.25, 0.3) is 0 Å². The van der Waals surface area contributed by atoms with Crippen LogP contribution in [0.2, 0.25) is 0 Å². The normalized spacial score (nSPS) is 12.1. The molecule has 0 aliphatic rings. The van der Waals surface area contributed by atoms with Crippen molar-refractivity contribution >= 4 is 23.7 Å². The van der Waals surface area contributed by atoms with Crippen molar-refractivity contribution in [2.75, 3.05) is 12.9 Å². The number of methoxy groups -OCH3 is 1. The molecule has 1 rings (SSSR count). The van der Waals surface area contributed by atoms with Crippen LogP contribution >= 0.6 is 11.8 Å². The average Bonchev–Trinajstić information content (AvgIpc) is 2.76. The Bertz CT molecular complexity index is 398. The Hall–Kier alpha value is -1.43. The maximum absolute atomic E-state index is 11.1. The van der Waals surface area contributed by atoms with E-state index in [0.29, 0.717) is 17.3 Å². The number of carbonyl (C=O) groups excluding carboxylic acids is 1. The van der Waals surface area contributed by atoms with Gasteiger partial charge in [0.2, 0.25) is 5.76 Å². The predicted molar refractivity (Wildman–Crippen MR) is 63.0 cm³/mol. The van der Waals surface area contributed by atoms with Crippen LogP contribution in [0.1, 0.15) is 23.2 Å². The molecule has 0 aliphatic carbocycles. The van der Waals surface area contributed by atoms with E-state index >= 15 is 0 Å². The van der Waals surface area contributed by atoms with E-state index in [1.165, 1.54) is 18.9 Å². The summed E-state index contributed by atoms with van der Waals surface area (Å²) in [5.74, 6) is 0.114. The smallest absolute Gasteiger partial charge is 0.373 e. The van der Waals surface area contributed by atoms with Crippen molar-refractivity contribution in [1.29, 1.82) is 0 Å². The van der Waals surface area contributed by atoms with Crippen molar-refractivity contribution in [3.05, 3.63) is 23.7 Å². The van der Waals surface area contributed by atoms with Crippen LogP contribution in [0.5, 0.6) is 0 Å². The van der Waals surface area contributed by atoms with Crippen molar-refractivity contribution in [1.82, 2.24) is 0 Å². The second kappa shape index (κ2) is 6.34.